The molecule has 0 unspecified atom stereocenters. The second-order valence-electron chi connectivity index (χ2n) is 9.34. The molecule has 0 spiro atoms. The van der Waals surface area contributed by atoms with Crippen molar-refractivity contribution in [3.63, 3.8) is 0 Å². The van der Waals surface area contributed by atoms with E-state index in [-0.39, 0.29) is 24.3 Å². The Morgan fingerprint density at radius 2 is 1.77 bits per heavy atom. The number of anilines is 1. The van der Waals surface area contributed by atoms with Gasteiger partial charge in [0, 0.05) is 17.6 Å². The van der Waals surface area contributed by atoms with Gasteiger partial charge in [-0.3, -0.25) is 14.4 Å². The van der Waals surface area contributed by atoms with E-state index in [9.17, 15) is 18.8 Å². The lowest BCUT2D eigenvalue weighted by Gasteiger charge is -2.55. The third kappa shape index (κ3) is 4.50. The summed E-state index contributed by atoms with van der Waals surface area (Å²) >= 11 is 0. The standard InChI is InChI=1S/C23H29FN2O4/c1-14(21(28)26-19-4-2-3-18(24)10-19)30-20(27)5-6-25-22(29)23-11-15-7-16(12-23)9-17(8-15)13-23/h2-4,10,14-17H,5-9,11-13H2,1H3,(H,25,29)(H,26,28)/t14-,15?,16?,17?,23?/m0/s1. The second kappa shape index (κ2) is 8.36. The van der Waals surface area contributed by atoms with Crippen molar-refractivity contribution in [1.29, 1.82) is 0 Å². The Morgan fingerprint density at radius 3 is 2.37 bits per heavy atom. The fourth-order valence-corrected chi connectivity index (χ4v) is 5.97. The Labute approximate surface area is 175 Å². The molecule has 4 fully saturated rings. The van der Waals surface area contributed by atoms with Crippen molar-refractivity contribution in [2.75, 3.05) is 11.9 Å². The molecule has 4 aliphatic carbocycles. The summed E-state index contributed by atoms with van der Waals surface area (Å²) in [7, 11) is 0. The van der Waals surface area contributed by atoms with E-state index in [0.29, 0.717) is 23.4 Å². The molecule has 0 heterocycles. The van der Waals surface area contributed by atoms with Gasteiger partial charge in [0.15, 0.2) is 6.10 Å². The molecule has 5 rings (SSSR count). The molecular formula is C23H29FN2O4. The van der Waals surface area contributed by atoms with Gasteiger partial charge in [-0.25, -0.2) is 4.39 Å². The van der Waals surface area contributed by atoms with E-state index < -0.39 is 23.8 Å². The van der Waals surface area contributed by atoms with Gasteiger partial charge in [-0.2, -0.15) is 0 Å². The van der Waals surface area contributed by atoms with Crippen LogP contribution in [0.1, 0.15) is 51.9 Å². The molecule has 2 N–H and O–H groups in total. The van der Waals surface area contributed by atoms with E-state index in [2.05, 4.69) is 10.6 Å². The van der Waals surface area contributed by atoms with E-state index in [1.807, 2.05) is 0 Å². The molecule has 1 aromatic rings. The van der Waals surface area contributed by atoms with Crippen LogP contribution < -0.4 is 10.6 Å². The summed E-state index contributed by atoms with van der Waals surface area (Å²) in [6, 6.07) is 5.49. The van der Waals surface area contributed by atoms with Gasteiger partial charge in [-0.05, 0) is 81.4 Å². The quantitative estimate of drug-likeness (QED) is 0.667. The van der Waals surface area contributed by atoms with Gasteiger partial charge in [-0.1, -0.05) is 6.07 Å². The molecule has 162 valence electrons. The molecule has 4 saturated carbocycles. The van der Waals surface area contributed by atoms with Crippen LogP contribution in [0.5, 0.6) is 0 Å². The van der Waals surface area contributed by atoms with Crippen molar-refractivity contribution < 1.29 is 23.5 Å². The maximum atomic E-state index is 13.2. The normalized spacial score (nSPS) is 29.9. The van der Waals surface area contributed by atoms with E-state index in [1.54, 1.807) is 6.07 Å². The number of carbonyl (C=O) groups is 3. The van der Waals surface area contributed by atoms with Crippen molar-refractivity contribution >= 4 is 23.5 Å². The first-order chi connectivity index (χ1) is 14.3. The highest BCUT2D eigenvalue weighted by molar-refractivity contribution is 5.95. The van der Waals surface area contributed by atoms with Gasteiger partial charge in [0.25, 0.3) is 5.91 Å². The third-order valence-corrected chi connectivity index (χ3v) is 6.90. The summed E-state index contributed by atoms with van der Waals surface area (Å²) in [5.41, 5.74) is 0.0577. The number of hydrogen-bond acceptors (Lipinski definition) is 4. The molecule has 0 aromatic heterocycles. The van der Waals surface area contributed by atoms with Gasteiger partial charge in [0.2, 0.25) is 5.91 Å². The second-order valence-corrected chi connectivity index (χ2v) is 9.34. The minimum Gasteiger partial charge on any atom is -0.452 e. The summed E-state index contributed by atoms with van der Waals surface area (Å²) in [5.74, 6) is 0.575. The highest BCUT2D eigenvalue weighted by Crippen LogP contribution is 2.60. The zero-order valence-electron chi connectivity index (χ0n) is 17.3. The summed E-state index contributed by atoms with van der Waals surface area (Å²) in [6.07, 6.45) is 5.75. The molecule has 0 saturated heterocycles. The molecule has 0 radical (unpaired) electrons. The molecule has 1 atom stereocenters. The first-order valence-electron chi connectivity index (χ1n) is 10.9. The molecule has 6 nitrogen and oxygen atoms in total. The Hall–Kier alpha value is -2.44. The fraction of sp³-hybridized carbons (Fsp3) is 0.609. The van der Waals surface area contributed by atoms with Gasteiger partial charge in [0.1, 0.15) is 5.82 Å². The number of hydrogen-bond donors (Lipinski definition) is 2. The van der Waals surface area contributed by atoms with Gasteiger partial charge in [0.05, 0.1) is 6.42 Å². The molecule has 0 aliphatic heterocycles. The topological polar surface area (TPSA) is 84.5 Å². The largest absolute Gasteiger partial charge is 0.452 e. The maximum Gasteiger partial charge on any atom is 0.308 e. The van der Waals surface area contributed by atoms with Gasteiger partial charge >= 0.3 is 5.97 Å². The minimum absolute atomic E-state index is 0.00961. The molecule has 1 aromatic carbocycles. The molecule has 4 aliphatic rings. The lowest BCUT2D eigenvalue weighted by molar-refractivity contribution is -0.153. The fourth-order valence-electron chi connectivity index (χ4n) is 5.97. The van der Waals surface area contributed by atoms with Crippen LogP contribution in [-0.2, 0) is 19.1 Å². The number of benzene rings is 1. The van der Waals surface area contributed by atoms with Crippen molar-refractivity contribution in [3.8, 4) is 0 Å². The van der Waals surface area contributed by atoms with Crippen LogP contribution in [0.3, 0.4) is 0 Å². The van der Waals surface area contributed by atoms with Gasteiger partial charge in [-0.15, -0.1) is 0 Å². The van der Waals surface area contributed by atoms with Crippen molar-refractivity contribution in [1.82, 2.24) is 5.32 Å². The first kappa shape index (κ1) is 20.8. The van der Waals surface area contributed by atoms with Crippen LogP contribution in [0, 0.1) is 29.0 Å². The lowest BCUT2D eigenvalue weighted by Crippen LogP contribution is -2.53. The summed E-state index contributed by atoms with van der Waals surface area (Å²) in [6.45, 7) is 1.66. The lowest BCUT2D eigenvalue weighted by atomic mass is 9.49. The van der Waals surface area contributed by atoms with Crippen molar-refractivity contribution in [2.45, 2.75) is 58.0 Å². The zero-order valence-corrected chi connectivity index (χ0v) is 17.3. The average Bonchev–Trinajstić information content (AvgIpc) is 2.66. The highest BCUT2D eigenvalue weighted by atomic mass is 19.1. The smallest absolute Gasteiger partial charge is 0.308 e. The van der Waals surface area contributed by atoms with Crippen molar-refractivity contribution in [3.05, 3.63) is 30.1 Å². The van der Waals surface area contributed by atoms with Crippen LogP contribution >= 0.6 is 0 Å². The maximum absolute atomic E-state index is 13.2. The van der Waals surface area contributed by atoms with Crippen LogP contribution in [0.15, 0.2) is 24.3 Å². The predicted molar refractivity (Wildman–Crippen MR) is 109 cm³/mol. The molecular weight excluding hydrogens is 387 g/mol. The van der Waals surface area contributed by atoms with Crippen LogP contribution in [0.25, 0.3) is 0 Å². The number of rotatable bonds is 7. The molecule has 4 bridgehead atoms. The molecule has 7 heteroatoms. The number of amides is 2. The monoisotopic (exact) mass is 416 g/mol. The number of nitrogens with one attached hydrogen (secondary N) is 2. The Balaban J connectivity index is 1.20. The summed E-state index contributed by atoms with van der Waals surface area (Å²) in [4.78, 5) is 37.1. The third-order valence-electron chi connectivity index (χ3n) is 6.90. The number of ether oxygens (including phenoxy) is 1. The summed E-state index contributed by atoms with van der Waals surface area (Å²) in [5, 5.41) is 5.45. The Bertz CT molecular complexity index is 805. The van der Waals surface area contributed by atoms with Gasteiger partial charge < -0.3 is 15.4 Å². The van der Waals surface area contributed by atoms with E-state index in [4.69, 9.17) is 4.74 Å². The van der Waals surface area contributed by atoms with Crippen LogP contribution in [0.4, 0.5) is 10.1 Å². The van der Waals surface area contributed by atoms with E-state index >= 15 is 0 Å². The SMILES string of the molecule is C[C@H](OC(=O)CCNC(=O)C12CC3CC(CC(C3)C1)C2)C(=O)Nc1cccc(F)c1. The molecule has 2 amide bonds. The molecule has 30 heavy (non-hydrogen) atoms. The van der Waals surface area contributed by atoms with Crippen LogP contribution in [0.2, 0.25) is 0 Å². The number of esters is 1. The summed E-state index contributed by atoms with van der Waals surface area (Å²) < 4.78 is 18.3. The van der Waals surface area contributed by atoms with E-state index in [1.165, 1.54) is 44.4 Å². The number of carbonyl (C=O) groups excluding carboxylic acids is 3. The Kier molecular flexibility index (Phi) is 5.80. The predicted octanol–water partition coefficient (Wildman–Crippen LogP) is 3.42. The zero-order chi connectivity index (χ0) is 21.3. The Morgan fingerprint density at radius 1 is 1.13 bits per heavy atom. The first-order valence-corrected chi connectivity index (χ1v) is 10.9. The minimum atomic E-state index is -1.01. The van der Waals surface area contributed by atoms with E-state index in [0.717, 1.165) is 19.3 Å². The average molecular weight is 416 g/mol. The number of halogens is 1. The van der Waals surface area contributed by atoms with Crippen molar-refractivity contribution in [2.24, 2.45) is 23.2 Å². The highest BCUT2D eigenvalue weighted by Gasteiger charge is 2.54. The van der Waals surface area contributed by atoms with Crippen LogP contribution in [-0.4, -0.2) is 30.4 Å².